The number of thioether (sulfide) groups is 1. The highest BCUT2D eigenvalue weighted by Gasteiger charge is 2.16. The number of rotatable bonds is 5. The third kappa shape index (κ3) is 3.85. The van der Waals surface area contributed by atoms with E-state index in [9.17, 15) is 4.79 Å². The van der Waals surface area contributed by atoms with Gasteiger partial charge in [-0.1, -0.05) is 48.2 Å². The van der Waals surface area contributed by atoms with E-state index in [0.717, 1.165) is 11.1 Å². The molecule has 8 heteroatoms. The van der Waals surface area contributed by atoms with Crippen molar-refractivity contribution >= 4 is 22.7 Å². The lowest BCUT2D eigenvalue weighted by atomic mass is 10.2. The lowest BCUT2D eigenvalue weighted by molar-refractivity contribution is 0.528. The number of fused-ring (bicyclic) bond motifs is 1. The first-order valence-electron chi connectivity index (χ1n) is 9.64. The highest BCUT2D eigenvalue weighted by Crippen LogP contribution is 2.25. The average molecular weight is 427 g/mol. The lowest BCUT2D eigenvalue weighted by Crippen LogP contribution is -2.22. The van der Waals surface area contributed by atoms with Crippen LogP contribution in [0.3, 0.4) is 0 Å². The number of aryl methyl sites for hydroxylation is 1. The highest BCUT2D eigenvalue weighted by atomic mass is 32.2. The lowest BCUT2D eigenvalue weighted by Gasteiger charge is -2.12. The van der Waals surface area contributed by atoms with Crippen molar-refractivity contribution < 1.29 is 4.42 Å². The fraction of sp³-hybridized carbons (Fsp3) is 0.0870. The minimum Gasteiger partial charge on any atom is -0.420 e. The van der Waals surface area contributed by atoms with E-state index in [0.29, 0.717) is 39.4 Å². The van der Waals surface area contributed by atoms with Crippen LogP contribution in [0.2, 0.25) is 0 Å². The van der Waals surface area contributed by atoms with Crippen LogP contribution in [-0.2, 0) is 5.75 Å². The monoisotopic (exact) mass is 427 g/mol. The van der Waals surface area contributed by atoms with E-state index in [1.165, 1.54) is 16.3 Å². The Morgan fingerprint density at radius 1 is 0.968 bits per heavy atom. The number of pyridine rings is 1. The summed E-state index contributed by atoms with van der Waals surface area (Å²) in [5, 5.41) is 9.32. The summed E-state index contributed by atoms with van der Waals surface area (Å²) in [6, 6.07) is 20.6. The standard InChI is InChI=1S/C23H17N5O2S/c1-15-11-12-19(24-13-15)28-22(29)17-9-5-6-10-18(17)25-23(28)31-14-20-26-27-21(30-20)16-7-3-2-4-8-16/h2-13H,14H2,1H3. The molecule has 2 aromatic carbocycles. The summed E-state index contributed by atoms with van der Waals surface area (Å²) in [6.45, 7) is 1.95. The predicted molar refractivity (Wildman–Crippen MR) is 119 cm³/mol. The molecule has 31 heavy (non-hydrogen) atoms. The van der Waals surface area contributed by atoms with E-state index in [4.69, 9.17) is 9.40 Å². The first-order chi connectivity index (χ1) is 15.2. The molecule has 152 valence electrons. The van der Waals surface area contributed by atoms with E-state index in [1.807, 2.05) is 67.6 Å². The van der Waals surface area contributed by atoms with Crippen LogP contribution in [0.4, 0.5) is 0 Å². The SMILES string of the molecule is Cc1ccc(-n2c(SCc3nnc(-c4ccccc4)o3)nc3ccccc3c2=O)nc1. The molecule has 5 aromatic rings. The molecule has 0 bridgehead atoms. The van der Waals surface area contributed by atoms with Crippen molar-refractivity contribution in [3.63, 3.8) is 0 Å². The van der Waals surface area contributed by atoms with Crippen LogP contribution < -0.4 is 5.56 Å². The molecule has 5 rings (SSSR count). The molecule has 0 saturated carbocycles. The zero-order valence-corrected chi connectivity index (χ0v) is 17.4. The maximum atomic E-state index is 13.3. The van der Waals surface area contributed by atoms with Crippen molar-refractivity contribution in [1.29, 1.82) is 0 Å². The molecular formula is C23H17N5O2S. The molecule has 0 fully saturated rings. The maximum absolute atomic E-state index is 13.3. The van der Waals surface area contributed by atoms with Gasteiger partial charge >= 0.3 is 0 Å². The van der Waals surface area contributed by atoms with Crippen LogP contribution in [0.5, 0.6) is 0 Å². The molecule has 3 heterocycles. The van der Waals surface area contributed by atoms with E-state index in [2.05, 4.69) is 15.2 Å². The highest BCUT2D eigenvalue weighted by molar-refractivity contribution is 7.98. The molecule has 0 aliphatic heterocycles. The predicted octanol–water partition coefficient (Wildman–Crippen LogP) is 4.43. The number of aromatic nitrogens is 5. The molecule has 0 amide bonds. The summed E-state index contributed by atoms with van der Waals surface area (Å²) in [5.41, 5.74) is 2.34. The van der Waals surface area contributed by atoms with Gasteiger partial charge in [0.1, 0.15) is 5.82 Å². The number of nitrogens with zero attached hydrogens (tertiary/aromatic N) is 5. The molecule has 0 aliphatic rings. The molecule has 0 atom stereocenters. The van der Waals surface area contributed by atoms with Gasteiger partial charge in [-0.15, -0.1) is 10.2 Å². The van der Waals surface area contributed by atoms with Gasteiger partial charge in [-0.05, 0) is 42.8 Å². The average Bonchev–Trinajstić information content (AvgIpc) is 3.28. The van der Waals surface area contributed by atoms with Gasteiger partial charge < -0.3 is 4.42 Å². The minimum absolute atomic E-state index is 0.167. The summed E-state index contributed by atoms with van der Waals surface area (Å²) in [6.07, 6.45) is 1.73. The Hall–Kier alpha value is -3.78. The van der Waals surface area contributed by atoms with Crippen molar-refractivity contribution in [2.24, 2.45) is 0 Å². The Balaban J connectivity index is 1.52. The van der Waals surface area contributed by atoms with Gasteiger partial charge in [-0.25, -0.2) is 14.5 Å². The molecule has 0 aliphatic carbocycles. The number of para-hydroxylation sites is 1. The fourth-order valence-electron chi connectivity index (χ4n) is 3.14. The van der Waals surface area contributed by atoms with Gasteiger partial charge in [0.15, 0.2) is 5.16 Å². The third-order valence-corrected chi connectivity index (χ3v) is 5.61. The van der Waals surface area contributed by atoms with Gasteiger partial charge in [0, 0.05) is 11.8 Å². The maximum Gasteiger partial charge on any atom is 0.267 e. The second kappa shape index (κ2) is 8.16. The summed E-state index contributed by atoms with van der Waals surface area (Å²) in [5.74, 6) is 1.80. The Labute approximate surface area is 181 Å². The van der Waals surface area contributed by atoms with Crippen LogP contribution in [0.25, 0.3) is 28.2 Å². The second-order valence-electron chi connectivity index (χ2n) is 6.90. The van der Waals surface area contributed by atoms with Crippen LogP contribution in [0.1, 0.15) is 11.5 Å². The Bertz CT molecular complexity index is 1410. The minimum atomic E-state index is -0.167. The molecule has 0 N–H and O–H groups in total. The van der Waals surface area contributed by atoms with Gasteiger partial charge in [0.2, 0.25) is 11.8 Å². The van der Waals surface area contributed by atoms with E-state index < -0.39 is 0 Å². The summed E-state index contributed by atoms with van der Waals surface area (Å²) in [7, 11) is 0. The second-order valence-corrected chi connectivity index (χ2v) is 7.84. The van der Waals surface area contributed by atoms with Crippen molar-refractivity contribution in [2.75, 3.05) is 0 Å². The molecule has 0 unspecified atom stereocenters. The topological polar surface area (TPSA) is 86.7 Å². The van der Waals surface area contributed by atoms with Crippen LogP contribution in [-0.4, -0.2) is 24.7 Å². The quantitative estimate of drug-likeness (QED) is 0.303. The Morgan fingerprint density at radius 2 is 1.77 bits per heavy atom. The largest absolute Gasteiger partial charge is 0.420 e. The van der Waals surface area contributed by atoms with Gasteiger partial charge in [0.25, 0.3) is 5.56 Å². The van der Waals surface area contributed by atoms with Crippen molar-refractivity contribution in [3.8, 4) is 17.3 Å². The summed E-state index contributed by atoms with van der Waals surface area (Å²) < 4.78 is 7.33. The van der Waals surface area contributed by atoms with Crippen LogP contribution in [0.15, 0.2) is 87.3 Å². The zero-order valence-electron chi connectivity index (χ0n) is 16.6. The van der Waals surface area contributed by atoms with Gasteiger partial charge in [0.05, 0.1) is 16.7 Å². The Kier molecular flexibility index (Phi) is 5.05. The van der Waals surface area contributed by atoms with Gasteiger partial charge in [-0.3, -0.25) is 4.79 Å². The molecule has 7 nitrogen and oxygen atoms in total. The van der Waals surface area contributed by atoms with E-state index in [-0.39, 0.29) is 5.56 Å². The summed E-state index contributed by atoms with van der Waals surface area (Å²) in [4.78, 5) is 22.4. The van der Waals surface area contributed by atoms with E-state index in [1.54, 1.807) is 12.3 Å². The number of hydrogen-bond acceptors (Lipinski definition) is 7. The molecule has 0 radical (unpaired) electrons. The molecule has 3 aromatic heterocycles. The normalized spacial score (nSPS) is 11.1. The number of benzene rings is 2. The van der Waals surface area contributed by atoms with Crippen molar-refractivity contribution in [1.82, 2.24) is 24.7 Å². The smallest absolute Gasteiger partial charge is 0.267 e. The Morgan fingerprint density at radius 3 is 2.58 bits per heavy atom. The zero-order chi connectivity index (χ0) is 21.2. The van der Waals surface area contributed by atoms with Crippen LogP contribution >= 0.6 is 11.8 Å². The molecule has 0 spiro atoms. The first-order valence-corrected chi connectivity index (χ1v) is 10.6. The van der Waals surface area contributed by atoms with Gasteiger partial charge in [-0.2, -0.15) is 0 Å². The third-order valence-electron chi connectivity index (χ3n) is 4.68. The van der Waals surface area contributed by atoms with Crippen molar-refractivity contribution in [2.45, 2.75) is 17.8 Å². The first kappa shape index (κ1) is 19.2. The number of hydrogen-bond donors (Lipinski definition) is 0. The van der Waals surface area contributed by atoms with Crippen molar-refractivity contribution in [3.05, 3.63) is 94.7 Å². The van der Waals surface area contributed by atoms with Crippen LogP contribution in [0, 0.1) is 6.92 Å². The molecule has 0 saturated heterocycles. The fourth-order valence-corrected chi connectivity index (χ4v) is 3.98. The van der Waals surface area contributed by atoms with E-state index >= 15 is 0 Å². The summed E-state index contributed by atoms with van der Waals surface area (Å²) >= 11 is 1.35. The molecular weight excluding hydrogens is 410 g/mol.